The summed E-state index contributed by atoms with van der Waals surface area (Å²) in [5.41, 5.74) is 1.20. The molecule has 6 heteroatoms. The van der Waals surface area contributed by atoms with E-state index in [0.717, 1.165) is 25.8 Å². The fraction of sp³-hybridized carbons (Fsp3) is 0.833. The van der Waals surface area contributed by atoms with Crippen LogP contribution in [0.15, 0.2) is 11.6 Å². The topological polar surface area (TPSA) is 58.6 Å². The van der Waals surface area contributed by atoms with Crippen LogP contribution in [-0.4, -0.2) is 57.9 Å². The molecule has 0 bridgehead atoms. The van der Waals surface area contributed by atoms with Crippen LogP contribution < -0.4 is 5.32 Å². The first kappa shape index (κ1) is 14.0. The zero-order valence-electron chi connectivity index (χ0n) is 10.9. The van der Waals surface area contributed by atoms with Crippen LogP contribution in [0, 0.1) is 0 Å². The van der Waals surface area contributed by atoms with Crippen LogP contribution in [0.3, 0.4) is 0 Å². The third kappa shape index (κ3) is 3.54. The molecule has 0 spiro atoms. The Morgan fingerprint density at radius 3 is 2.94 bits per heavy atom. The summed E-state index contributed by atoms with van der Waals surface area (Å²) in [6.07, 6.45) is 4.81. The Kier molecular flexibility index (Phi) is 4.77. The molecule has 5 nitrogen and oxygen atoms in total. The predicted octanol–water partition coefficient (Wildman–Crippen LogP) is 0.347. The Hall–Kier alpha value is -0.430. The van der Waals surface area contributed by atoms with Crippen LogP contribution in [-0.2, 0) is 14.8 Å². The average molecular weight is 274 g/mol. The highest BCUT2D eigenvalue weighted by Gasteiger charge is 2.28. The zero-order chi connectivity index (χ0) is 13.0. The molecule has 1 unspecified atom stereocenters. The highest BCUT2D eigenvalue weighted by molar-refractivity contribution is 7.89. The van der Waals surface area contributed by atoms with Gasteiger partial charge in [-0.25, -0.2) is 8.42 Å². The third-order valence-electron chi connectivity index (χ3n) is 3.56. The number of nitrogens with one attached hydrogen (secondary N) is 1. The maximum atomic E-state index is 12.2. The minimum Gasteiger partial charge on any atom is -0.380 e. The standard InChI is InChI=1S/C12H22N2O3S/c1-17-9-11-4-7-14(8-5-11)18(15,16)10-12-3-2-6-13-12/h4,12-13H,2-3,5-10H2,1H3. The predicted molar refractivity (Wildman–Crippen MR) is 71.0 cm³/mol. The molecule has 1 saturated heterocycles. The molecule has 0 aliphatic carbocycles. The van der Waals surface area contributed by atoms with E-state index in [0.29, 0.717) is 19.7 Å². The van der Waals surface area contributed by atoms with Gasteiger partial charge in [0.25, 0.3) is 0 Å². The van der Waals surface area contributed by atoms with Gasteiger partial charge >= 0.3 is 0 Å². The molecule has 1 atom stereocenters. The lowest BCUT2D eigenvalue weighted by Crippen LogP contribution is -2.41. The van der Waals surface area contributed by atoms with Gasteiger partial charge in [0.15, 0.2) is 0 Å². The Morgan fingerprint density at radius 1 is 1.56 bits per heavy atom. The van der Waals surface area contributed by atoms with Crippen LogP contribution in [0.1, 0.15) is 19.3 Å². The van der Waals surface area contributed by atoms with Gasteiger partial charge in [-0.1, -0.05) is 6.08 Å². The first-order chi connectivity index (χ1) is 8.62. The Labute approximate surface area is 109 Å². The lowest BCUT2D eigenvalue weighted by molar-refractivity contribution is 0.219. The number of rotatable bonds is 5. The van der Waals surface area contributed by atoms with Gasteiger partial charge in [-0.3, -0.25) is 0 Å². The average Bonchev–Trinajstić information content (AvgIpc) is 2.82. The van der Waals surface area contributed by atoms with Crippen molar-refractivity contribution in [3.63, 3.8) is 0 Å². The second kappa shape index (κ2) is 6.14. The third-order valence-corrected chi connectivity index (χ3v) is 5.51. The van der Waals surface area contributed by atoms with E-state index in [2.05, 4.69) is 5.32 Å². The molecular formula is C12H22N2O3S. The number of hydrogen-bond donors (Lipinski definition) is 1. The summed E-state index contributed by atoms with van der Waals surface area (Å²) in [5.74, 6) is 0.237. The van der Waals surface area contributed by atoms with Crippen molar-refractivity contribution in [2.75, 3.05) is 39.1 Å². The molecule has 1 fully saturated rings. The van der Waals surface area contributed by atoms with E-state index in [-0.39, 0.29) is 11.8 Å². The SMILES string of the molecule is COCC1=CCN(S(=O)(=O)CC2CCCN2)CC1. The van der Waals surface area contributed by atoms with E-state index in [1.54, 1.807) is 11.4 Å². The van der Waals surface area contributed by atoms with E-state index in [4.69, 9.17) is 4.74 Å². The first-order valence-electron chi connectivity index (χ1n) is 6.50. The quantitative estimate of drug-likeness (QED) is 0.735. The van der Waals surface area contributed by atoms with Gasteiger partial charge in [0.1, 0.15) is 0 Å². The van der Waals surface area contributed by atoms with Crippen molar-refractivity contribution < 1.29 is 13.2 Å². The zero-order valence-corrected chi connectivity index (χ0v) is 11.7. The Balaban J connectivity index is 1.91. The minimum atomic E-state index is -3.12. The Morgan fingerprint density at radius 2 is 2.39 bits per heavy atom. The van der Waals surface area contributed by atoms with Gasteiger partial charge in [-0.2, -0.15) is 4.31 Å². The summed E-state index contributed by atoms with van der Waals surface area (Å²) in [5, 5.41) is 3.24. The summed E-state index contributed by atoms with van der Waals surface area (Å²) in [4.78, 5) is 0. The summed E-state index contributed by atoms with van der Waals surface area (Å²) < 4.78 is 31.1. The summed E-state index contributed by atoms with van der Waals surface area (Å²) in [6, 6.07) is 0.138. The molecule has 2 aliphatic rings. The van der Waals surface area contributed by atoms with E-state index in [1.807, 2.05) is 6.08 Å². The highest BCUT2D eigenvalue weighted by Crippen LogP contribution is 2.17. The van der Waals surface area contributed by atoms with Gasteiger partial charge < -0.3 is 10.1 Å². The van der Waals surface area contributed by atoms with Crippen LogP contribution >= 0.6 is 0 Å². The second-order valence-electron chi connectivity index (χ2n) is 4.98. The molecule has 0 aromatic rings. The van der Waals surface area contributed by atoms with Gasteiger partial charge in [0.05, 0.1) is 12.4 Å². The number of ether oxygens (including phenoxy) is 1. The molecule has 2 heterocycles. The molecule has 2 rings (SSSR count). The van der Waals surface area contributed by atoms with E-state index < -0.39 is 10.0 Å². The molecule has 2 aliphatic heterocycles. The molecule has 18 heavy (non-hydrogen) atoms. The summed E-state index contributed by atoms with van der Waals surface area (Å²) >= 11 is 0. The van der Waals surface area contributed by atoms with Crippen molar-refractivity contribution in [3.05, 3.63) is 11.6 Å². The van der Waals surface area contributed by atoms with Crippen molar-refractivity contribution in [1.82, 2.24) is 9.62 Å². The lowest BCUT2D eigenvalue weighted by atomic mass is 10.1. The van der Waals surface area contributed by atoms with Crippen molar-refractivity contribution >= 4 is 10.0 Å². The lowest BCUT2D eigenvalue weighted by Gasteiger charge is -2.26. The number of nitrogens with zero attached hydrogens (tertiary/aromatic N) is 1. The Bertz CT molecular complexity index is 400. The van der Waals surface area contributed by atoms with E-state index in [1.165, 1.54) is 5.57 Å². The molecule has 0 saturated carbocycles. The number of methoxy groups -OCH3 is 1. The summed E-state index contributed by atoms with van der Waals surface area (Å²) in [7, 11) is -1.46. The maximum absolute atomic E-state index is 12.2. The molecule has 0 amide bonds. The van der Waals surface area contributed by atoms with Crippen LogP contribution in [0.5, 0.6) is 0 Å². The molecule has 104 valence electrons. The monoisotopic (exact) mass is 274 g/mol. The maximum Gasteiger partial charge on any atom is 0.215 e. The fourth-order valence-electron chi connectivity index (χ4n) is 2.52. The van der Waals surface area contributed by atoms with Crippen molar-refractivity contribution in [2.24, 2.45) is 0 Å². The molecule has 0 aromatic heterocycles. The first-order valence-corrected chi connectivity index (χ1v) is 8.11. The molecule has 0 aromatic carbocycles. The van der Waals surface area contributed by atoms with Crippen molar-refractivity contribution in [3.8, 4) is 0 Å². The van der Waals surface area contributed by atoms with Gasteiger partial charge in [-0.05, 0) is 31.4 Å². The van der Waals surface area contributed by atoms with Gasteiger partial charge in [-0.15, -0.1) is 0 Å². The van der Waals surface area contributed by atoms with Crippen molar-refractivity contribution in [2.45, 2.75) is 25.3 Å². The fourth-order valence-corrected chi connectivity index (χ4v) is 4.20. The van der Waals surface area contributed by atoms with Crippen molar-refractivity contribution in [1.29, 1.82) is 0 Å². The summed E-state index contributed by atoms with van der Waals surface area (Å²) in [6.45, 7) is 2.63. The second-order valence-corrected chi connectivity index (χ2v) is 6.99. The number of sulfonamides is 1. The van der Waals surface area contributed by atoms with Gasteiger partial charge in [0.2, 0.25) is 10.0 Å². The normalized spacial score (nSPS) is 26.3. The molecular weight excluding hydrogens is 252 g/mol. The number of hydrogen-bond acceptors (Lipinski definition) is 4. The minimum absolute atomic E-state index is 0.138. The van der Waals surface area contributed by atoms with E-state index >= 15 is 0 Å². The molecule has 0 radical (unpaired) electrons. The largest absolute Gasteiger partial charge is 0.380 e. The van der Waals surface area contributed by atoms with Crippen LogP contribution in [0.25, 0.3) is 0 Å². The van der Waals surface area contributed by atoms with Crippen LogP contribution in [0.2, 0.25) is 0 Å². The highest BCUT2D eigenvalue weighted by atomic mass is 32.2. The van der Waals surface area contributed by atoms with Crippen LogP contribution in [0.4, 0.5) is 0 Å². The smallest absolute Gasteiger partial charge is 0.215 e. The van der Waals surface area contributed by atoms with Gasteiger partial charge in [0, 0.05) is 26.2 Å². The molecule has 1 N–H and O–H groups in total. The van der Waals surface area contributed by atoms with E-state index in [9.17, 15) is 8.42 Å².